The highest BCUT2D eigenvalue weighted by Crippen LogP contribution is 2.57. The lowest BCUT2D eigenvalue weighted by atomic mass is 9.30. The maximum Gasteiger partial charge on any atom is 0.244 e. The fourth-order valence-corrected chi connectivity index (χ4v) is 10.2. The monoisotopic (exact) mass is 595 g/mol. The number of fused-ring (bicyclic) bond motifs is 12. The van der Waals surface area contributed by atoms with Crippen molar-refractivity contribution in [2.24, 2.45) is 0 Å². The zero-order valence-electron chi connectivity index (χ0n) is 26.9. The molecule has 11 rings (SSSR count). The second-order valence-corrected chi connectivity index (χ2v) is 15.1. The lowest BCUT2D eigenvalue weighted by Crippen LogP contribution is -2.57. The smallest absolute Gasteiger partial charge is 0.192 e. The summed E-state index contributed by atoms with van der Waals surface area (Å²) in [6, 6.07) is 43.7. The van der Waals surface area contributed by atoms with E-state index in [9.17, 15) is 5.26 Å². The van der Waals surface area contributed by atoms with E-state index >= 15 is 0 Å². The van der Waals surface area contributed by atoms with Gasteiger partial charge in [-0.3, -0.25) is 0 Å². The molecule has 0 amide bonds. The summed E-state index contributed by atoms with van der Waals surface area (Å²) in [5.41, 5.74) is 20.5. The Morgan fingerprint density at radius 2 is 0.957 bits per heavy atom. The Morgan fingerprint density at radius 3 is 1.43 bits per heavy atom. The van der Waals surface area contributed by atoms with Crippen LogP contribution in [0.1, 0.15) is 55.5 Å². The third kappa shape index (κ3) is 2.82. The predicted molar refractivity (Wildman–Crippen MR) is 197 cm³/mol. The molecule has 0 fully saturated rings. The van der Waals surface area contributed by atoms with Crippen molar-refractivity contribution >= 4 is 44.6 Å². The Bertz CT molecular complexity index is 2520. The number of benzene rings is 7. The van der Waals surface area contributed by atoms with Gasteiger partial charge >= 0.3 is 0 Å². The molecule has 2 aliphatic carbocycles. The van der Waals surface area contributed by atoms with Crippen LogP contribution in [-0.2, 0) is 10.8 Å². The maximum atomic E-state index is 10.6. The number of hydrogen-bond acceptors (Lipinski definition) is 1. The first-order valence-corrected chi connectivity index (χ1v) is 16.8. The van der Waals surface area contributed by atoms with Crippen LogP contribution in [0.5, 0.6) is 0 Å². The van der Waals surface area contributed by atoms with Crippen LogP contribution in [0.3, 0.4) is 0 Å². The van der Waals surface area contributed by atoms with Gasteiger partial charge < -0.3 is 0 Å². The second kappa shape index (κ2) is 8.12. The summed E-state index contributed by atoms with van der Waals surface area (Å²) in [6.07, 6.45) is 0. The van der Waals surface area contributed by atoms with Crippen molar-refractivity contribution < 1.29 is 0 Å². The van der Waals surface area contributed by atoms with E-state index in [1.807, 2.05) is 0 Å². The molecular formula is C45H30BN. The van der Waals surface area contributed by atoms with Gasteiger partial charge in [-0.1, -0.05) is 129 Å². The van der Waals surface area contributed by atoms with Crippen LogP contribution >= 0.6 is 0 Å². The van der Waals surface area contributed by atoms with Gasteiger partial charge in [-0.25, -0.2) is 0 Å². The van der Waals surface area contributed by atoms with Crippen LogP contribution in [0, 0.1) is 11.3 Å². The first-order valence-electron chi connectivity index (χ1n) is 16.8. The van der Waals surface area contributed by atoms with E-state index in [-0.39, 0.29) is 17.5 Å². The topological polar surface area (TPSA) is 23.8 Å². The van der Waals surface area contributed by atoms with Crippen molar-refractivity contribution in [3.63, 3.8) is 0 Å². The molecule has 2 heterocycles. The van der Waals surface area contributed by atoms with E-state index < -0.39 is 0 Å². The molecule has 218 valence electrons. The summed E-state index contributed by atoms with van der Waals surface area (Å²) in [5.74, 6) is 0. The largest absolute Gasteiger partial charge is 0.244 e. The minimum absolute atomic E-state index is 0.0885. The molecular weight excluding hydrogens is 565 g/mol. The van der Waals surface area contributed by atoms with Crippen LogP contribution < -0.4 is 16.4 Å². The first kappa shape index (κ1) is 25.8. The number of nitriles is 1. The Hall–Kier alpha value is -5.39. The third-order valence-electron chi connectivity index (χ3n) is 12.2. The molecule has 1 nitrogen and oxygen atoms in total. The third-order valence-corrected chi connectivity index (χ3v) is 12.2. The molecule has 4 aliphatic rings. The Kier molecular flexibility index (Phi) is 4.45. The molecule has 0 unspecified atom stereocenters. The summed E-state index contributed by atoms with van der Waals surface area (Å²) in [7, 11) is 0. The second-order valence-electron chi connectivity index (χ2n) is 15.1. The van der Waals surface area contributed by atoms with Crippen LogP contribution in [0.2, 0.25) is 0 Å². The van der Waals surface area contributed by atoms with Crippen LogP contribution in [0.25, 0.3) is 66.1 Å². The molecule has 0 atom stereocenters. The Balaban J connectivity index is 1.38. The molecule has 2 aliphatic heterocycles. The van der Waals surface area contributed by atoms with E-state index in [1.54, 1.807) is 0 Å². The molecule has 0 N–H and O–H groups in total. The number of nitrogens with zero attached hydrogens (tertiary/aromatic N) is 1. The highest BCUT2D eigenvalue weighted by atomic mass is 14.4. The summed E-state index contributed by atoms with van der Waals surface area (Å²) in [5, 5.41) is 15.9. The normalized spacial score (nSPS) is 15.9. The molecule has 2 heteroatoms. The molecule has 7 aromatic carbocycles. The standard InChI is InChI=1S/C45H30BN/c1-44(2)31-15-7-5-13-27(31)39-33(44)21-25-11-9-17-35-37(25)41(39)29-19-24(23-47)20-30-42-38-26(12-10-18-36(38)46(35)43(29)30)22-34-40(42)28-14-6-8-16-32(28)45(34,3)4/h5-22H,1-4H3. The highest BCUT2D eigenvalue weighted by molar-refractivity contribution is 7.01. The van der Waals surface area contributed by atoms with Crippen LogP contribution in [-0.4, -0.2) is 6.71 Å². The van der Waals surface area contributed by atoms with Gasteiger partial charge in [0.25, 0.3) is 0 Å². The molecule has 0 aromatic heterocycles. The lowest BCUT2D eigenvalue weighted by Gasteiger charge is -2.36. The minimum atomic E-state index is -0.120. The molecule has 0 spiro atoms. The predicted octanol–water partition coefficient (Wildman–Crippen LogP) is 8.95. The van der Waals surface area contributed by atoms with Crippen molar-refractivity contribution in [3.05, 3.63) is 137 Å². The van der Waals surface area contributed by atoms with Gasteiger partial charge in [0.15, 0.2) is 0 Å². The lowest BCUT2D eigenvalue weighted by molar-refractivity contribution is 0.661. The quantitative estimate of drug-likeness (QED) is 0.161. The molecule has 0 saturated carbocycles. The maximum absolute atomic E-state index is 10.6. The number of hydrogen-bond donors (Lipinski definition) is 0. The summed E-state index contributed by atoms with van der Waals surface area (Å²) in [4.78, 5) is 0. The summed E-state index contributed by atoms with van der Waals surface area (Å²) < 4.78 is 0. The minimum Gasteiger partial charge on any atom is -0.192 e. The van der Waals surface area contributed by atoms with Crippen molar-refractivity contribution in [1.82, 2.24) is 0 Å². The van der Waals surface area contributed by atoms with Crippen LogP contribution in [0.15, 0.2) is 109 Å². The van der Waals surface area contributed by atoms with E-state index in [4.69, 9.17) is 0 Å². The van der Waals surface area contributed by atoms with Crippen molar-refractivity contribution in [3.8, 4) is 50.6 Å². The molecule has 7 aromatic rings. The number of rotatable bonds is 0. The fraction of sp³-hybridized carbons (Fsp3) is 0.133. The van der Waals surface area contributed by atoms with Gasteiger partial charge in [0.05, 0.1) is 11.6 Å². The van der Waals surface area contributed by atoms with Crippen LogP contribution in [0.4, 0.5) is 0 Å². The van der Waals surface area contributed by atoms with Gasteiger partial charge in [-0.2, -0.15) is 5.26 Å². The SMILES string of the molecule is CC1(C)c2ccccc2-c2c1cc1cccc3c1c2-c1cc(C#N)cc2c1B3c1cccc3cc4c(c-2c13)-c1ccccc1C4(C)C. The molecule has 0 saturated heterocycles. The van der Waals surface area contributed by atoms with E-state index in [0.29, 0.717) is 0 Å². The van der Waals surface area contributed by atoms with Crippen molar-refractivity contribution in [2.75, 3.05) is 0 Å². The average Bonchev–Trinajstić information content (AvgIpc) is 3.46. The van der Waals surface area contributed by atoms with Crippen molar-refractivity contribution in [2.45, 2.75) is 38.5 Å². The van der Waals surface area contributed by atoms with Gasteiger partial charge in [0, 0.05) is 10.8 Å². The van der Waals surface area contributed by atoms with Gasteiger partial charge in [0.2, 0.25) is 6.71 Å². The zero-order valence-corrected chi connectivity index (χ0v) is 26.9. The molecule has 0 bridgehead atoms. The van der Waals surface area contributed by atoms with Gasteiger partial charge in [-0.15, -0.1) is 0 Å². The van der Waals surface area contributed by atoms with Crippen molar-refractivity contribution in [1.29, 1.82) is 5.26 Å². The zero-order chi connectivity index (χ0) is 31.6. The van der Waals surface area contributed by atoms with E-state index in [2.05, 4.69) is 143 Å². The van der Waals surface area contributed by atoms with E-state index in [1.165, 1.54) is 105 Å². The van der Waals surface area contributed by atoms with Gasteiger partial charge in [-0.05, 0) is 113 Å². The Morgan fingerprint density at radius 1 is 0.489 bits per heavy atom. The Labute approximate surface area is 275 Å². The van der Waals surface area contributed by atoms with Gasteiger partial charge in [0.1, 0.15) is 0 Å². The highest BCUT2D eigenvalue weighted by Gasteiger charge is 2.46. The average molecular weight is 596 g/mol. The molecule has 0 radical (unpaired) electrons. The summed E-state index contributed by atoms with van der Waals surface area (Å²) >= 11 is 0. The first-order chi connectivity index (χ1) is 22.8. The summed E-state index contributed by atoms with van der Waals surface area (Å²) in [6.45, 7) is 9.56. The molecule has 47 heavy (non-hydrogen) atoms. The fourth-order valence-electron chi connectivity index (χ4n) is 10.2. The van der Waals surface area contributed by atoms with E-state index in [0.717, 1.165) is 5.56 Å².